The number of nitrogens with zero attached hydrogens (tertiary/aromatic N) is 1. The number of aliphatic hydroxyl groups is 1. The van der Waals surface area contributed by atoms with Crippen LogP contribution in [0.2, 0.25) is 0 Å². The minimum Gasteiger partial charge on any atom is -0.477 e. The smallest absolute Gasteiger partial charge is 0.341 e. The minimum atomic E-state index is -1.50. The van der Waals surface area contributed by atoms with Crippen molar-refractivity contribution in [2.24, 2.45) is 0 Å². The average Bonchev–Trinajstić information content (AvgIpc) is 2.48. The number of halogens is 3. The van der Waals surface area contributed by atoms with E-state index in [1.165, 1.54) is 4.57 Å². The molecule has 1 atom stereocenters. The van der Waals surface area contributed by atoms with E-state index in [0.29, 0.717) is 6.42 Å². The monoisotopic (exact) mass is 375 g/mol. The van der Waals surface area contributed by atoms with Gasteiger partial charge in [0.1, 0.15) is 11.4 Å². The Morgan fingerprint density at radius 2 is 2.09 bits per heavy atom. The first-order valence-electron chi connectivity index (χ1n) is 6.39. The lowest BCUT2D eigenvalue weighted by molar-refractivity contribution is 0.0694. The van der Waals surface area contributed by atoms with Gasteiger partial charge < -0.3 is 14.8 Å². The van der Waals surface area contributed by atoms with Crippen molar-refractivity contribution in [3.05, 3.63) is 44.2 Å². The van der Waals surface area contributed by atoms with E-state index in [4.69, 9.17) is 5.11 Å². The van der Waals surface area contributed by atoms with E-state index in [-0.39, 0.29) is 17.5 Å². The Morgan fingerprint density at radius 3 is 2.59 bits per heavy atom. The average molecular weight is 376 g/mol. The van der Waals surface area contributed by atoms with Gasteiger partial charge in [0.15, 0.2) is 5.82 Å². The second-order valence-electron chi connectivity index (χ2n) is 4.71. The van der Waals surface area contributed by atoms with Crippen LogP contribution in [0.25, 0.3) is 10.9 Å². The molecule has 22 heavy (non-hydrogen) atoms. The summed E-state index contributed by atoms with van der Waals surface area (Å²) >= 11 is 2.76. The summed E-state index contributed by atoms with van der Waals surface area (Å²) in [5.74, 6) is -3.53. The van der Waals surface area contributed by atoms with Crippen molar-refractivity contribution in [1.82, 2.24) is 4.57 Å². The molecule has 0 fully saturated rings. The highest BCUT2D eigenvalue weighted by Gasteiger charge is 2.23. The summed E-state index contributed by atoms with van der Waals surface area (Å²) in [6.45, 7) is 1.32. The summed E-state index contributed by atoms with van der Waals surface area (Å²) in [5, 5.41) is 18.1. The number of rotatable bonds is 4. The molecule has 1 unspecified atom stereocenters. The number of pyridine rings is 1. The second kappa shape index (κ2) is 6.13. The Morgan fingerprint density at radius 1 is 1.45 bits per heavy atom. The van der Waals surface area contributed by atoms with E-state index in [1.807, 2.05) is 0 Å². The number of carboxylic acid groups (broad SMARTS) is 1. The number of carboxylic acids is 1. The lowest BCUT2D eigenvalue weighted by Gasteiger charge is -2.21. The fraction of sp³-hybridized carbons (Fsp3) is 0.286. The van der Waals surface area contributed by atoms with Crippen molar-refractivity contribution >= 4 is 32.8 Å². The molecule has 0 aliphatic carbocycles. The highest BCUT2D eigenvalue weighted by molar-refractivity contribution is 9.10. The lowest BCUT2D eigenvalue weighted by Crippen LogP contribution is -2.23. The van der Waals surface area contributed by atoms with Gasteiger partial charge in [0, 0.05) is 6.20 Å². The van der Waals surface area contributed by atoms with Gasteiger partial charge in [0.25, 0.3) is 0 Å². The largest absolute Gasteiger partial charge is 0.477 e. The van der Waals surface area contributed by atoms with Crippen molar-refractivity contribution in [3.63, 3.8) is 0 Å². The summed E-state index contributed by atoms with van der Waals surface area (Å²) in [5.41, 5.74) is -1.83. The van der Waals surface area contributed by atoms with E-state index in [2.05, 4.69) is 15.9 Å². The lowest BCUT2D eigenvalue weighted by atomic mass is 10.1. The fourth-order valence-electron chi connectivity index (χ4n) is 2.27. The number of carbonyl (C=O) groups is 1. The topological polar surface area (TPSA) is 79.5 Å². The molecule has 0 aliphatic rings. The standard InChI is InChI=1S/C14H12BrF2NO4/c1-2-6(5-19)18-4-8(14(21)22)13(20)7-3-9(16)10(15)11(17)12(7)18/h3-4,6,19H,2,5H2,1H3,(H,21,22). The van der Waals surface area contributed by atoms with E-state index >= 15 is 0 Å². The summed E-state index contributed by atoms with van der Waals surface area (Å²) < 4.78 is 28.8. The molecule has 2 N–H and O–H groups in total. The third-order valence-electron chi connectivity index (χ3n) is 3.46. The van der Waals surface area contributed by atoms with Crippen molar-refractivity contribution < 1.29 is 23.8 Å². The van der Waals surface area contributed by atoms with Crippen molar-refractivity contribution in [2.45, 2.75) is 19.4 Å². The number of aromatic carboxylic acids is 1. The summed E-state index contributed by atoms with van der Waals surface area (Å²) in [4.78, 5) is 23.3. The minimum absolute atomic E-state index is 0.246. The molecule has 2 aromatic rings. The van der Waals surface area contributed by atoms with Crippen LogP contribution in [0.15, 0.2) is 21.5 Å². The van der Waals surface area contributed by atoms with Crippen molar-refractivity contribution in [1.29, 1.82) is 0 Å². The van der Waals surface area contributed by atoms with Gasteiger partial charge in [-0.05, 0) is 28.4 Å². The molecule has 0 bridgehead atoms. The highest BCUT2D eigenvalue weighted by Crippen LogP contribution is 2.29. The molecule has 1 heterocycles. The molecule has 5 nitrogen and oxygen atoms in total. The molecule has 0 saturated heterocycles. The number of fused-ring (bicyclic) bond motifs is 1. The van der Waals surface area contributed by atoms with Crippen LogP contribution in [0, 0.1) is 11.6 Å². The van der Waals surface area contributed by atoms with Crippen LogP contribution in [-0.2, 0) is 0 Å². The van der Waals surface area contributed by atoms with Gasteiger partial charge in [-0.3, -0.25) is 4.79 Å². The Balaban J connectivity index is 3.05. The Labute approximate surface area is 131 Å². The second-order valence-corrected chi connectivity index (χ2v) is 5.50. The van der Waals surface area contributed by atoms with Crippen LogP contribution in [0.4, 0.5) is 8.78 Å². The third kappa shape index (κ3) is 2.52. The molecule has 1 aromatic carbocycles. The van der Waals surface area contributed by atoms with Crippen LogP contribution in [-0.4, -0.2) is 27.4 Å². The van der Waals surface area contributed by atoms with Crippen LogP contribution in [0.3, 0.4) is 0 Å². The SMILES string of the molecule is CCC(CO)n1cc(C(=O)O)c(=O)c2cc(F)c(Br)c(F)c21. The number of aromatic nitrogens is 1. The first-order chi connectivity index (χ1) is 10.3. The van der Waals surface area contributed by atoms with E-state index in [9.17, 15) is 23.5 Å². The third-order valence-corrected chi connectivity index (χ3v) is 4.18. The number of hydrogen-bond acceptors (Lipinski definition) is 3. The number of aliphatic hydroxyl groups excluding tert-OH is 1. The van der Waals surface area contributed by atoms with Crippen LogP contribution in [0.1, 0.15) is 29.7 Å². The predicted molar refractivity (Wildman–Crippen MR) is 79.2 cm³/mol. The summed E-state index contributed by atoms with van der Waals surface area (Å²) in [6, 6.07) is 0.144. The normalized spacial score (nSPS) is 12.6. The zero-order chi connectivity index (χ0) is 16.6. The van der Waals surface area contributed by atoms with Gasteiger partial charge in [-0.15, -0.1) is 0 Å². The maximum absolute atomic E-state index is 14.4. The Kier molecular flexibility index (Phi) is 4.62. The molecule has 118 valence electrons. The quantitative estimate of drug-likeness (QED) is 0.805. The Bertz CT molecular complexity index is 815. The molecule has 0 radical (unpaired) electrons. The molecule has 0 saturated carbocycles. The summed E-state index contributed by atoms with van der Waals surface area (Å²) in [6.07, 6.45) is 1.34. The molecular formula is C14H12BrF2NO4. The molecule has 0 spiro atoms. The van der Waals surface area contributed by atoms with Gasteiger partial charge in [0.2, 0.25) is 5.43 Å². The first-order valence-corrected chi connectivity index (χ1v) is 7.19. The van der Waals surface area contributed by atoms with E-state index in [0.717, 1.165) is 12.3 Å². The molecule has 1 aromatic heterocycles. The molecule has 0 aliphatic heterocycles. The molecular weight excluding hydrogens is 364 g/mol. The van der Waals surface area contributed by atoms with E-state index < -0.39 is 39.1 Å². The zero-order valence-corrected chi connectivity index (χ0v) is 13.0. The van der Waals surface area contributed by atoms with Gasteiger partial charge in [0.05, 0.1) is 28.0 Å². The van der Waals surface area contributed by atoms with Crippen LogP contribution < -0.4 is 5.43 Å². The molecule has 8 heteroatoms. The van der Waals surface area contributed by atoms with Gasteiger partial charge in [-0.1, -0.05) is 6.92 Å². The van der Waals surface area contributed by atoms with Gasteiger partial charge in [-0.25, -0.2) is 13.6 Å². The number of benzene rings is 1. The van der Waals surface area contributed by atoms with Crippen LogP contribution >= 0.6 is 15.9 Å². The van der Waals surface area contributed by atoms with Crippen molar-refractivity contribution in [3.8, 4) is 0 Å². The summed E-state index contributed by atoms with van der Waals surface area (Å²) in [7, 11) is 0. The maximum atomic E-state index is 14.4. The zero-order valence-electron chi connectivity index (χ0n) is 11.4. The number of hydrogen-bond donors (Lipinski definition) is 2. The first kappa shape index (κ1) is 16.6. The van der Waals surface area contributed by atoms with Crippen LogP contribution in [0.5, 0.6) is 0 Å². The fourth-order valence-corrected chi connectivity index (χ4v) is 2.57. The molecule has 0 amide bonds. The van der Waals surface area contributed by atoms with Gasteiger partial charge in [-0.2, -0.15) is 0 Å². The predicted octanol–water partition coefficient (Wildman–Crippen LogP) is 2.68. The highest BCUT2D eigenvalue weighted by atomic mass is 79.9. The maximum Gasteiger partial charge on any atom is 0.341 e. The van der Waals surface area contributed by atoms with E-state index in [1.54, 1.807) is 6.92 Å². The molecule has 2 rings (SSSR count). The van der Waals surface area contributed by atoms with Crippen molar-refractivity contribution in [2.75, 3.05) is 6.61 Å². The Hall–Kier alpha value is -1.80. The van der Waals surface area contributed by atoms with Gasteiger partial charge >= 0.3 is 5.97 Å².